The number of carbonyl (C=O) groups is 1. The van der Waals surface area contributed by atoms with E-state index in [4.69, 9.17) is 4.74 Å². The quantitative estimate of drug-likeness (QED) is 0.761. The number of rotatable bonds is 5. The highest BCUT2D eigenvalue weighted by molar-refractivity contribution is 7.16. The molecule has 8 heteroatoms. The van der Waals surface area contributed by atoms with E-state index in [1.54, 1.807) is 6.07 Å². The summed E-state index contributed by atoms with van der Waals surface area (Å²) in [6.07, 6.45) is 2.60. The van der Waals surface area contributed by atoms with Crippen molar-refractivity contribution in [1.82, 2.24) is 19.5 Å². The van der Waals surface area contributed by atoms with E-state index in [0.29, 0.717) is 24.7 Å². The van der Waals surface area contributed by atoms with Crippen molar-refractivity contribution in [2.45, 2.75) is 39.7 Å². The fourth-order valence-corrected chi connectivity index (χ4v) is 3.86. The maximum atomic E-state index is 12.2. The fraction of sp³-hybridized carbons (Fsp3) is 0.625. The molecule has 1 aliphatic heterocycles. The summed E-state index contributed by atoms with van der Waals surface area (Å²) in [5, 5.41) is 5.16. The molecule has 0 aliphatic carbocycles. The molecule has 0 aromatic carbocycles. The van der Waals surface area contributed by atoms with Gasteiger partial charge in [-0.3, -0.25) is 14.5 Å². The monoisotopic (exact) mass is 350 g/mol. The maximum absolute atomic E-state index is 12.2. The molecule has 0 saturated carbocycles. The molecule has 1 aliphatic rings. The summed E-state index contributed by atoms with van der Waals surface area (Å²) in [4.78, 5) is 31.5. The van der Waals surface area contributed by atoms with Crippen molar-refractivity contribution in [3.8, 4) is 0 Å². The van der Waals surface area contributed by atoms with Crippen LogP contribution in [0.3, 0.4) is 0 Å². The molecule has 0 unspecified atom stereocenters. The Balaban J connectivity index is 1.74. The largest absolute Gasteiger partial charge is 0.466 e. The minimum absolute atomic E-state index is 0.0846. The van der Waals surface area contributed by atoms with Crippen molar-refractivity contribution in [2.24, 2.45) is 5.92 Å². The molecule has 2 aromatic heterocycles. The lowest BCUT2D eigenvalue weighted by Gasteiger charge is -2.31. The number of nitrogens with zero attached hydrogens (tertiary/aromatic N) is 4. The highest BCUT2D eigenvalue weighted by atomic mass is 32.1. The molecular weight excluding hydrogens is 328 g/mol. The smallest absolute Gasteiger partial charge is 0.310 e. The zero-order valence-electron chi connectivity index (χ0n) is 14.0. The molecule has 24 heavy (non-hydrogen) atoms. The molecule has 7 nitrogen and oxygen atoms in total. The number of likely N-dealkylation sites (tertiary alicyclic amines) is 1. The van der Waals surface area contributed by atoms with E-state index in [1.807, 2.05) is 13.8 Å². The first kappa shape index (κ1) is 17.0. The number of hydrogen-bond donors (Lipinski definition) is 0. The first-order valence-corrected chi connectivity index (χ1v) is 9.20. The summed E-state index contributed by atoms with van der Waals surface area (Å²) < 4.78 is 6.50. The molecule has 1 fully saturated rings. The van der Waals surface area contributed by atoms with Crippen molar-refractivity contribution < 1.29 is 9.53 Å². The normalized spacial score (nSPS) is 18.8. The summed E-state index contributed by atoms with van der Waals surface area (Å²) >= 11 is 1.45. The zero-order valence-corrected chi connectivity index (χ0v) is 14.8. The van der Waals surface area contributed by atoms with Gasteiger partial charge in [0, 0.05) is 19.2 Å². The Morgan fingerprint density at radius 2 is 2.29 bits per heavy atom. The lowest BCUT2D eigenvalue weighted by atomic mass is 9.98. The van der Waals surface area contributed by atoms with E-state index in [1.165, 1.54) is 15.9 Å². The van der Waals surface area contributed by atoms with Crippen LogP contribution in [0.25, 0.3) is 4.96 Å². The van der Waals surface area contributed by atoms with Crippen molar-refractivity contribution in [2.75, 3.05) is 19.7 Å². The number of aromatic nitrogens is 3. The fourth-order valence-electron chi connectivity index (χ4n) is 3.00. The lowest BCUT2D eigenvalue weighted by Crippen LogP contribution is -2.39. The van der Waals surface area contributed by atoms with Crippen LogP contribution in [0.15, 0.2) is 10.9 Å². The van der Waals surface area contributed by atoms with Gasteiger partial charge in [0.05, 0.1) is 18.2 Å². The molecule has 0 amide bonds. The van der Waals surface area contributed by atoms with Crippen LogP contribution in [0.4, 0.5) is 0 Å². The van der Waals surface area contributed by atoms with Gasteiger partial charge in [-0.25, -0.2) is 4.98 Å². The Bertz CT molecular complexity index is 785. The molecule has 3 heterocycles. The summed E-state index contributed by atoms with van der Waals surface area (Å²) in [5.74, 6) is -0.209. The van der Waals surface area contributed by atoms with Gasteiger partial charge < -0.3 is 4.74 Å². The average Bonchev–Trinajstić information content (AvgIpc) is 2.99. The average molecular weight is 350 g/mol. The van der Waals surface area contributed by atoms with E-state index in [-0.39, 0.29) is 17.4 Å². The minimum Gasteiger partial charge on any atom is -0.466 e. The van der Waals surface area contributed by atoms with Gasteiger partial charge in [-0.2, -0.15) is 9.61 Å². The van der Waals surface area contributed by atoms with Gasteiger partial charge in [-0.15, -0.1) is 0 Å². The van der Waals surface area contributed by atoms with E-state index in [0.717, 1.165) is 36.5 Å². The topological polar surface area (TPSA) is 76.8 Å². The highest BCUT2D eigenvalue weighted by Crippen LogP contribution is 2.20. The Labute approximate surface area is 144 Å². The maximum Gasteiger partial charge on any atom is 0.310 e. The summed E-state index contributed by atoms with van der Waals surface area (Å²) in [7, 11) is 0. The third-order valence-electron chi connectivity index (χ3n) is 4.15. The number of hydrogen-bond acceptors (Lipinski definition) is 7. The van der Waals surface area contributed by atoms with Crippen molar-refractivity contribution >= 4 is 22.3 Å². The third kappa shape index (κ3) is 3.64. The number of esters is 1. The predicted molar refractivity (Wildman–Crippen MR) is 91.1 cm³/mol. The zero-order chi connectivity index (χ0) is 17.1. The first-order valence-electron chi connectivity index (χ1n) is 8.38. The number of piperidine rings is 1. The number of aryl methyl sites for hydroxylation is 1. The molecule has 0 bridgehead atoms. The van der Waals surface area contributed by atoms with Gasteiger partial charge in [-0.05, 0) is 32.7 Å². The van der Waals surface area contributed by atoms with Crippen molar-refractivity contribution in [3.63, 3.8) is 0 Å². The van der Waals surface area contributed by atoms with Gasteiger partial charge in [0.15, 0.2) is 0 Å². The van der Waals surface area contributed by atoms with Crippen LogP contribution in [0.5, 0.6) is 0 Å². The number of carbonyl (C=O) groups excluding carboxylic acids is 1. The van der Waals surface area contributed by atoms with Gasteiger partial charge in [-0.1, -0.05) is 18.3 Å². The van der Waals surface area contributed by atoms with E-state index < -0.39 is 0 Å². The van der Waals surface area contributed by atoms with E-state index >= 15 is 0 Å². The second kappa shape index (κ2) is 7.40. The Hall–Kier alpha value is -1.80. The lowest BCUT2D eigenvalue weighted by molar-refractivity contribution is -0.150. The second-order valence-electron chi connectivity index (χ2n) is 5.96. The van der Waals surface area contributed by atoms with Crippen LogP contribution in [0.1, 0.15) is 37.4 Å². The van der Waals surface area contributed by atoms with Crippen LogP contribution in [0.2, 0.25) is 0 Å². The third-order valence-corrected chi connectivity index (χ3v) is 5.21. The Kier molecular flexibility index (Phi) is 5.25. The van der Waals surface area contributed by atoms with Crippen LogP contribution < -0.4 is 5.56 Å². The second-order valence-corrected chi connectivity index (χ2v) is 7.00. The number of fused-ring (bicyclic) bond motifs is 1. The molecule has 1 atom stereocenters. The van der Waals surface area contributed by atoms with Gasteiger partial charge in [0.1, 0.15) is 5.01 Å². The molecule has 0 radical (unpaired) electrons. The summed E-state index contributed by atoms with van der Waals surface area (Å²) in [6, 6.07) is 1.54. The molecule has 0 N–H and O–H groups in total. The molecule has 2 aromatic rings. The van der Waals surface area contributed by atoms with Crippen LogP contribution in [-0.2, 0) is 22.5 Å². The van der Waals surface area contributed by atoms with E-state index in [2.05, 4.69) is 15.0 Å². The van der Waals surface area contributed by atoms with Gasteiger partial charge >= 0.3 is 5.97 Å². The number of ether oxygens (including phenoxy) is 1. The van der Waals surface area contributed by atoms with Crippen molar-refractivity contribution in [1.29, 1.82) is 0 Å². The van der Waals surface area contributed by atoms with Crippen molar-refractivity contribution in [3.05, 3.63) is 27.1 Å². The molecule has 0 spiro atoms. The van der Waals surface area contributed by atoms with Crippen LogP contribution >= 0.6 is 11.3 Å². The summed E-state index contributed by atoms with van der Waals surface area (Å²) in [5.41, 5.74) is 0.584. The SMILES string of the molecule is CCOC(=O)[C@@H]1CCCN(Cc2cc(=O)n3nc(CC)sc3n2)C1. The Morgan fingerprint density at radius 3 is 3.04 bits per heavy atom. The molecular formula is C16H22N4O3S. The first-order chi connectivity index (χ1) is 11.6. The Morgan fingerprint density at radius 1 is 1.46 bits per heavy atom. The molecule has 1 saturated heterocycles. The predicted octanol–water partition coefficient (Wildman–Crippen LogP) is 1.49. The van der Waals surface area contributed by atoms with Crippen LogP contribution in [0, 0.1) is 5.92 Å². The summed E-state index contributed by atoms with van der Waals surface area (Å²) in [6.45, 7) is 6.37. The minimum atomic E-state index is -0.148. The standard InChI is InChI=1S/C16H22N4O3S/c1-3-13-18-20-14(21)8-12(17-16(20)24-13)10-19-7-5-6-11(9-19)15(22)23-4-2/h8,11H,3-7,9-10H2,1-2H3/t11-/m1/s1. The molecule has 3 rings (SSSR count). The highest BCUT2D eigenvalue weighted by Gasteiger charge is 2.27. The van der Waals surface area contributed by atoms with E-state index in [9.17, 15) is 9.59 Å². The van der Waals surface area contributed by atoms with Gasteiger partial charge in [0.25, 0.3) is 5.56 Å². The molecule has 130 valence electrons. The van der Waals surface area contributed by atoms with Crippen LogP contribution in [-0.4, -0.2) is 45.2 Å². The van der Waals surface area contributed by atoms with Gasteiger partial charge in [0.2, 0.25) is 4.96 Å².